The summed E-state index contributed by atoms with van der Waals surface area (Å²) in [5.41, 5.74) is 2.07. The maximum Gasteiger partial charge on any atom is 0.322 e. The Morgan fingerprint density at radius 3 is 2.50 bits per heavy atom. The number of sulfonamides is 1. The molecule has 0 aliphatic carbocycles. The van der Waals surface area contributed by atoms with Crippen LogP contribution in [0.1, 0.15) is 15.9 Å². The molecule has 0 radical (unpaired) electrons. The second-order valence-corrected chi connectivity index (χ2v) is 8.71. The first-order valence-electron chi connectivity index (χ1n) is 9.33. The van der Waals surface area contributed by atoms with Crippen molar-refractivity contribution in [1.29, 1.82) is 0 Å². The summed E-state index contributed by atoms with van der Waals surface area (Å²) in [5.74, 6) is -0.189. The molecule has 1 saturated heterocycles. The van der Waals surface area contributed by atoms with Crippen molar-refractivity contribution in [2.45, 2.75) is 11.8 Å². The lowest BCUT2D eigenvalue weighted by molar-refractivity contribution is 0.0730. The Hall–Kier alpha value is -3.08. The second-order valence-electron chi connectivity index (χ2n) is 6.78. The molecule has 0 saturated carbocycles. The van der Waals surface area contributed by atoms with E-state index in [0.717, 1.165) is 11.1 Å². The van der Waals surface area contributed by atoms with Crippen molar-refractivity contribution < 1.29 is 22.4 Å². The van der Waals surface area contributed by atoms with Gasteiger partial charge in [0, 0.05) is 24.2 Å². The summed E-state index contributed by atoms with van der Waals surface area (Å²) in [5, 5.41) is 10.3. The number of ether oxygens (including phenoxy) is 1. The average Bonchev–Trinajstić information content (AvgIpc) is 3.23. The number of benzene rings is 2. The number of aryl methyl sites for hydroxylation is 1. The van der Waals surface area contributed by atoms with E-state index in [9.17, 15) is 13.2 Å². The van der Waals surface area contributed by atoms with E-state index >= 15 is 0 Å². The van der Waals surface area contributed by atoms with Crippen LogP contribution < -0.4 is 5.32 Å². The first kappa shape index (κ1) is 20.2. The van der Waals surface area contributed by atoms with Gasteiger partial charge in [-0.2, -0.15) is 4.31 Å². The molecule has 9 nitrogen and oxygen atoms in total. The largest absolute Gasteiger partial charge is 0.403 e. The molecule has 0 unspecified atom stereocenters. The van der Waals surface area contributed by atoms with E-state index in [1.54, 1.807) is 0 Å². The van der Waals surface area contributed by atoms with Gasteiger partial charge in [0.15, 0.2) is 0 Å². The highest BCUT2D eigenvalue weighted by Crippen LogP contribution is 2.22. The fraction of sp³-hybridized carbons (Fsp3) is 0.250. The Bertz CT molecular complexity index is 1150. The molecule has 30 heavy (non-hydrogen) atoms. The van der Waals surface area contributed by atoms with Crippen molar-refractivity contribution >= 4 is 21.9 Å². The summed E-state index contributed by atoms with van der Waals surface area (Å²) in [6.45, 7) is 3.31. The fourth-order valence-electron chi connectivity index (χ4n) is 3.05. The minimum absolute atomic E-state index is 0.0403. The Morgan fingerprint density at radius 2 is 1.80 bits per heavy atom. The van der Waals surface area contributed by atoms with Gasteiger partial charge in [-0.1, -0.05) is 22.8 Å². The van der Waals surface area contributed by atoms with E-state index in [4.69, 9.17) is 9.15 Å². The van der Waals surface area contributed by atoms with Crippen molar-refractivity contribution in [3.63, 3.8) is 0 Å². The van der Waals surface area contributed by atoms with E-state index in [2.05, 4.69) is 15.5 Å². The van der Waals surface area contributed by atoms with E-state index in [0.29, 0.717) is 32.2 Å². The first-order chi connectivity index (χ1) is 14.4. The maximum atomic E-state index is 12.7. The summed E-state index contributed by atoms with van der Waals surface area (Å²) in [7, 11) is -3.61. The molecule has 2 heterocycles. The highest BCUT2D eigenvalue weighted by Gasteiger charge is 2.26. The number of nitrogens with zero attached hydrogens (tertiary/aromatic N) is 3. The van der Waals surface area contributed by atoms with Gasteiger partial charge in [0.1, 0.15) is 0 Å². The zero-order valence-electron chi connectivity index (χ0n) is 16.2. The molecule has 10 heteroatoms. The van der Waals surface area contributed by atoms with Crippen molar-refractivity contribution in [1.82, 2.24) is 14.5 Å². The molecule has 0 spiro atoms. The van der Waals surface area contributed by atoms with Crippen LogP contribution in [0.5, 0.6) is 0 Å². The Balaban J connectivity index is 1.45. The first-order valence-corrected chi connectivity index (χ1v) is 10.8. The minimum Gasteiger partial charge on any atom is -0.403 e. The smallest absolute Gasteiger partial charge is 0.322 e. The van der Waals surface area contributed by atoms with E-state index in [1.165, 1.54) is 28.6 Å². The van der Waals surface area contributed by atoms with Gasteiger partial charge < -0.3 is 9.15 Å². The zero-order valence-corrected chi connectivity index (χ0v) is 17.1. The van der Waals surface area contributed by atoms with Gasteiger partial charge in [-0.05, 0) is 43.3 Å². The van der Waals surface area contributed by atoms with Gasteiger partial charge >= 0.3 is 6.01 Å². The highest BCUT2D eigenvalue weighted by molar-refractivity contribution is 7.89. The number of hydrogen-bond donors (Lipinski definition) is 1. The quantitative estimate of drug-likeness (QED) is 0.663. The number of morpholine rings is 1. The van der Waals surface area contributed by atoms with Gasteiger partial charge in [0.25, 0.3) is 5.91 Å². The summed E-state index contributed by atoms with van der Waals surface area (Å²) in [6, 6.07) is 13.2. The molecule has 0 atom stereocenters. The van der Waals surface area contributed by atoms with Gasteiger partial charge in [0.2, 0.25) is 15.9 Å². The van der Waals surface area contributed by atoms with Gasteiger partial charge in [-0.25, -0.2) is 8.42 Å². The third-order valence-corrected chi connectivity index (χ3v) is 6.55. The van der Waals surface area contributed by atoms with Gasteiger partial charge in [-0.15, -0.1) is 5.10 Å². The number of carbonyl (C=O) groups is 1. The lowest BCUT2D eigenvalue weighted by Crippen LogP contribution is -2.40. The van der Waals surface area contributed by atoms with Gasteiger partial charge in [-0.3, -0.25) is 10.1 Å². The number of hydrogen-bond acceptors (Lipinski definition) is 7. The van der Waals surface area contributed by atoms with E-state index < -0.39 is 15.9 Å². The third-order valence-electron chi connectivity index (χ3n) is 4.63. The summed E-state index contributed by atoms with van der Waals surface area (Å²) >= 11 is 0. The Labute approximate surface area is 173 Å². The van der Waals surface area contributed by atoms with Crippen molar-refractivity contribution in [2.75, 3.05) is 31.6 Å². The molecular formula is C20H20N4O5S. The number of amides is 1. The predicted octanol–water partition coefficient (Wildman–Crippen LogP) is 2.32. The highest BCUT2D eigenvalue weighted by atomic mass is 32.2. The van der Waals surface area contributed by atoms with Crippen LogP contribution in [-0.2, 0) is 14.8 Å². The summed E-state index contributed by atoms with van der Waals surface area (Å²) in [6.07, 6.45) is 0. The molecule has 2 aromatic carbocycles. The van der Waals surface area contributed by atoms with Crippen LogP contribution in [0.4, 0.5) is 6.01 Å². The molecular weight excluding hydrogens is 408 g/mol. The van der Waals surface area contributed by atoms with E-state index in [-0.39, 0.29) is 16.5 Å². The SMILES string of the molecule is Cc1cccc(-c2nnc(NC(=O)c3ccc(S(=O)(=O)N4CCOCC4)cc3)o2)c1. The van der Waals surface area contributed by atoms with Crippen LogP contribution in [0.15, 0.2) is 57.8 Å². The number of aromatic nitrogens is 2. The second kappa shape index (κ2) is 8.34. The average molecular weight is 428 g/mol. The Morgan fingerprint density at radius 1 is 1.07 bits per heavy atom. The van der Waals surface area contributed by atoms with Crippen LogP contribution in [0.3, 0.4) is 0 Å². The molecule has 0 bridgehead atoms. The fourth-order valence-corrected chi connectivity index (χ4v) is 4.46. The van der Waals surface area contributed by atoms with Crippen LogP contribution in [0.2, 0.25) is 0 Å². The number of nitrogens with one attached hydrogen (secondary N) is 1. The van der Waals surface area contributed by atoms with Crippen LogP contribution in [-0.4, -0.2) is 55.1 Å². The summed E-state index contributed by atoms with van der Waals surface area (Å²) in [4.78, 5) is 12.6. The lowest BCUT2D eigenvalue weighted by atomic mass is 10.1. The monoisotopic (exact) mass is 428 g/mol. The molecule has 1 fully saturated rings. The standard InChI is InChI=1S/C20H20N4O5S/c1-14-3-2-4-16(13-14)19-22-23-20(29-19)21-18(25)15-5-7-17(8-6-15)30(26,27)24-9-11-28-12-10-24/h2-8,13H,9-12H2,1H3,(H,21,23,25). The third kappa shape index (κ3) is 4.25. The van der Waals surface area contributed by atoms with Crippen LogP contribution >= 0.6 is 0 Å². The minimum atomic E-state index is -3.61. The number of anilines is 1. The normalized spacial score (nSPS) is 15.1. The van der Waals surface area contributed by atoms with Crippen LogP contribution in [0, 0.1) is 6.92 Å². The van der Waals surface area contributed by atoms with Crippen molar-refractivity contribution in [3.05, 3.63) is 59.7 Å². The van der Waals surface area contributed by atoms with Crippen LogP contribution in [0.25, 0.3) is 11.5 Å². The lowest BCUT2D eigenvalue weighted by Gasteiger charge is -2.26. The molecule has 4 rings (SSSR count). The Kier molecular flexibility index (Phi) is 5.62. The summed E-state index contributed by atoms with van der Waals surface area (Å²) < 4.78 is 37.4. The molecule has 1 aliphatic heterocycles. The topological polar surface area (TPSA) is 115 Å². The molecule has 1 N–H and O–H groups in total. The predicted molar refractivity (Wildman–Crippen MR) is 108 cm³/mol. The molecule has 1 amide bonds. The maximum absolute atomic E-state index is 12.7. The van der Waals surface area contributed by atoms with Crippen molar-refractivity contribution in [2.24, 2.45) is 0 Å². The van der Waals surface area contributed by atoms with E-state index in [1.807, 2.05) is 31.2 Å². The molecule has 156 valence electrons. The zero-order chi connectivity index (χ0) is 21.1. The molecule has 1 aliphatic rings. The molecule has 3 aromatic rings. The molecule has 1 aromatic heterocycles. The number of carbonyl (C=O) groups excluding carboxylic acids is 1. The van der Waals surface area contributed by atoms with Gasteiger partial charge in [0.05, 0.1) is 18.1 Å². The van der Waals surface area contributed by atoms with Crippen molar-refractivity contribution in [3.8, 4) is 11.5 Å². The number of rotatable bonds is 5.